The summed E-state index contributed by atoms with van der Waals surface area (Å²) in [4.78, 5) is 21.1. The Kier molecular flexibility index (Phi) is 5.17. The number of urea groups is 1. The van der Waals surface area contributed by atoms with Gasteiger partial charge in [-0.2, -0.15) is 5.10 Å². The number of benzene rings is 1. The summed E-state index contributed by atoms with van der Waals surface area (Å²) in [6, 6.07) is 6.01. The van der Waals surface area contributed by atoms with Crippen LogP contribution in [-0.2, 0) is 5.54 Å². The summed E-state index contributed by atoms with van der Waals surface area (Å²) in [7, 11) is 0. The minimum absolute atomic E-state index is 0.291. The summed E-state index contributed by atoms with van der Waals surface area (Å²) >= 11 is 6.45. The molecule has 10 heteroatoms. The Balaban J connectivity index is 1.47. The number of hydrogen-bond donors (Lipinski definition) is 2. The molecule has 2 atom stereocenters. The van der Waals surface area contributed by atoms with Crippen LogP contribution in [0.25, 0.3) is 5.65 Å². The second-order valence-corrected chi connectivity index (χ2v) is 8.99. The third-order valence-electron chi connectivity index (χ3n) is 6.47. The van der Waals surface area contributed by atoms with E-state index in [1.165, 1.54) is 12.1 Å². The number of carbonyl (C=O) groups is 1. The van der Waals surface area contributed by atoms with Crippen LogP contribution < -0.4 is 10.2 Å². The van der Waals surface area contributed by atoms with Gasteiger partial charge in [0.25, 0.3) is 0 Å². The zero-order valence-corrected chi connectivity index (χ0v) is 18.4. The van der Waals surface area contributed by atoms with Crippen LogP contribution in [-0.4, -0.2) is 56.4 Å². The number of halogens is 2. The second kappa shape index (κ2) is 7.90. The number of β-amino-alcohol motifs (C(OH)–C–C–N with tert-alkyl or cyclic N) is 1. The number of aliphatic hydroxyl groups is 1. The topological polar surface area (TPSA) is 86.0 Å². The number of nitrogens with one attached hydrogen (secondary N) is 1. The smallest absolute Gasteiger partial charge is 0.322 e. The molecule has 0 radical (unpaired) electrons. The molecule has 4 heterocycles. The number of aliphatic hydroxyl groups excluding tert-OH is 1. The predicted octanol–water partition coefficient (Wildman–Crippen LogP) is 3.64. The third-order valence-corrected chi connectivity index (χ3v) is 6.80. The maximum atomic E-state index is 14.0. The molecular weight excluding hydrogens is 435 g/mol. The second-order valence-electron chi connectivity index (χ2n) is 8.58. The van der Waals surface area contributed by atoms with E-state index in [1.807, 2.05) is 13.0 Å². The van der Waals surface area contributed by atoms with Gasteiger partial charge in [0, 0.05) is 30.9 Å². The van der Waals surface area contributed by atoms with E-state index in [0.29, 0.717) is 41.7 Å². The van der Waals surface area contributed by atoms with E-state index in [0.717, 1.165) is 24.9 Å². The van der Waals surface area contributed by atoms with Crippen molar-refractivity contribution in [2.45, 2.75) is 37.8 Å². The lowest BCUT2D eigenvalue weighted by Crippen LogP contribution is -2.39. The standard InChI is InChI=1S/C22H24ClFN6O2/c1-22(16-11-14(24)3-4-17(16)23)7-2-8-29(22)19-6-10-30-20(27-19)18(12-25-30)26-21(32)28-9-5-15(31)13-28/h3-4,6,10-12,15,31H,2,5,7-9,13H2,1H3,(H,26,32)/t15-,22+/m0/s1. The van der Waals surface area contributed by atoms with Gasteiger partial charge in [0.05, 0.1) is 17.8 Å². The zero-order chi connectivity index (χ0) is 22.5. The Morgan fingerprint density at radius 2 is 2.19 bits per heavy atom. The van der Waals surface area contributed by atoms with Crippen molar-refractivity contribution in [2.24, 2.45) is 0 Å². The fraction of sp³-hybridized carbons (Fsp3) is 0.409. The van der Waals surface area contributed by atoms with Crippen LogP contribution in [0.1, 0.15) is 31.7 Å². The number of hydrogen-bond acceptors (Lipinski definition) is 5. The SMILES string of the molecule is C[C@]1(c2cc(F)ccc2Cl)CCCN1c1ccn2ncc(NC(=O)N3CC[C@H](O)C3)c2n1. The number of carbonyl (C=O) groups excluding carboxylic acids is 1. The molecule has 8 nitrogen and oxygen atoms in total. The van der Waals surface area contributed by atoms with Gasteiger partial charge in [-0.25, -0.2) is 18.7 Å². The van der Waals surface area contributed by atoms with Crippen molar-refractivity contribution in [2.75, 3.05) is 29.9 Å². The minimum Gasteiger partial charge on any atom is -0.391 e. The fourth-order valence-electron chi connectivity index (χ4n) is 4.74. The zero-order valence-electron chi connectivity index (χ0n) is 17.6. The van der Waals surface area contributed by atoms with Crippen molar-refractivity contribution in [1.29, 1.82) is 0 Å². The summed E-state index contributed by atoms with van der Waals surface area (Å²) in [6.45, 7) is 3.61. The molecule has 3 aromatic rings. The monoisotopic (exact) mass is 458 g/mol. The number of likely N-dealkylation sites (tertiary alicyclic amines) is 1. The summed E-state index contributed by atoms with van der Waals surface area (Å²) in [6.07, 6.45) is 5.15. The Labute approximate surface area is 189 Å². The van der Waals surface area contributed by atoms with E-state index >= 15 is 0 Å². The van der Waals surface area contributed by atoms with Gasteiger partial charge in [-0.05, 0) is 56.0 Å². The summed E-state index contributed by atoms with van der Waals surface area (Å²) in [5.74, 6) is 0.374. The van der Waals surface area contributed by atoms with Crippen LogP contribution in [0.15, 0.2) is 36.7 Å². The molecule has 2 amide bonds. The van der Waals surface area contributed by atoms with E-state index in [4.69, 9.17) is 16.6 Å². The molecule has 0 spiro atoms. The maximum absolute atomic E-state index is 14.0. The molecular formula is C22H24ClFN6O2. The van der Waals surface area contributed by atoms with Gasteiger partial charge in [-0.3, -0.25) is 0 Å². The molecule has 1 aromatic carbocycles. The van der Waals surface area contributed by atoms with E-state index < -0.39 is 11.6 Å². The van der Waals surface area contributed by atoms with Gasteiger partial charge >= 0.3 is 6.03 Å². The van der Waals surface area contributed by atoms with Crippen LogP contribution in [0.3, 0.4) is 0 Å². The van der Waals surface area contributed by atoms with Crippen molar-refractivity contribution in [3.05, 3.63) is 53.1 Å². The van der Waals surface area contributed by atoms with E-state index in [2.05, 4.69) is 15.3 Å². The molecule has 2 saturated heterocycles. The maximum Gasteiger partial charge on any atom is 0.322 e. The molecule has 0 saturated carbocycles. The molecule has 0 aliphatic carbocycles. The molecule has 2 aliphatic rings. The number of amides is 2. The summed E-state index contributed by atoms with van der Waals surface area (Å²) in [5.41, 5.74) is 1.21. The summed E-state index contributed by atoms with van der Waals surface area (Å²) in [5, 5.41) is 17.4. The van der Waals surface area contributed by atoms with Crippen molar-refractivity contribution < 1.29 is 14.3 Å². The molecule has 2 aliphatic heterocycles. The van der Waals surface area contributed by atoms with Gasteiger partial charge < -0.3 is 20.2 Å². The Morgan fingerprint density at radius 1 is 1.34 bits per heavy atom. The third kappa shape index (κ3) is 3.55. The molecule has 2 N–H and O–H groups in total. The van der Waals surface area contributed by atoms with Gasteiger partial charge in [-0.1, -0.05) is 11.6 Å². The average molecular weight is 459 g/mol. The van der Waals surface area contributed by atoms with Crippen LogP contribution in [0.4, 0.5) is 20.7 Å². The van der Waals surface area contributed by atoms with Gasteiger partial charge in [0.2, 0.25) is 0 Å². The molecule has 168 valence electrons. The number of rotatable bonds is 3. The lowest BCUT2D eigenvalue weighted by atomic mass is 9.89. The number of aromatic nitrogens is 3. The first-order valence-electron chi connectivity index (χ1n) is 10.7. The minimum atomic E-state index is -0.514. The van der Waals surface area contributed by atoms with E-state index in [-0.39, 0.29) is 11.8 Å². The molecule has 2 aromatic heterocycles. The Hall–Kier alpha value is -2.91. The first kappa shape index (κ1) is 21.0. The first-order chi connectivity index (χ1) is 15.3. The highest BCUT2D eigenvalue weighted by Crippen LogP contribution is 2.44. The van der Waals surface area contributed by atoms with Crippen LogP contribution in [0, 0.1) is 5.82 Å². The molecule has 0 unspecified atom stereocenters. The lowest BCUT2D eigenvalue weighted by molar-refractivity contribution is 0.176. The van der Waals surface area contributed by atoms with Crippen LogP contribution >= 0.6 is 11.6 Å². The number of fused-ring (bicyclic) bond motifs is 1. The average Bonchev–Trinajstić information content (AvgIpc) is 3.49. The van der Waals surface area contributed by atoms with E-state index in [9.17, 15) is 14.3 Å². The van der Waals surface area contributed by atoms with Gasteiger partial charge in [0.15, 0.2) is 5.65 Å². The number of nitrogens with zero attached hydrogens (tertiary/aromatic N) is 5. The molecule has 2 fully saturated rings. The fourth-order valence-corrected chi connectivity index (χ4v) is 5.06. The van der Waals surface area contributed by atoms with Crippen molar-refractivity contribution >= 4 is 34.8 Å². The van der Waals surface area contributed by atoms with Crippen molar-refractivity contribution in [3.8, 4) is 0 Å². The van der Waals surface area contributed by atoms with Crippen LogP contribution in [0.2, 0.25) is 5.02 Å². The normalized spacial score (nSPS) is 23.3. The highest BCUT2D eigenvalue weighted by molar-refractivity contribution is 6.31. The quantitative estimate of drug-likeness (QED) is 0.626. The van der Waals surface area contributed by atoms with Crippen LogP contribution in [0.5, 0.6) is 0 Å². The largest absolute Gasteiger partial charge is 0.391 e. The molecule has 5 rings (SSSR count). The highest BCUT2D eigenvalue weighted by atomic mass is 35.5. The van der Waals surface area contributed by atoms with E-state index in [1.54, 1.807) is 27.9 Å². The van der Waals surface area contributed by atoms with Gasteiger partial charge in [-0.15, -0.1) is 0 Å². The highest BCUT2D eigenvalue weighted by Gasteiger charge is 2.40. The Bertz CT molecular complexity index is 1190. The number of anilines is 2. The Morgan fingerprint density at radius 3 is 2.97 bits per heavy atom. The van der Waals surface area contributed by atoms with Crippen molar-refractivity contribution in [1.82, 2.24) is 19.5 Å². The molecule has 0 bridgehead atoms. The van der Waals surface area contributed by atoms with Gasteiger partial charge in [0.1, 0.15) is 17.3 Å². The first-order valence-corrected chi connectivity index (χ1v) is 11.0. The summed E-state index contributed by atoms with van der Waals surface area (Å²) < 4.78 is 15.6. The molecule has 32 heavy (non-hydrogen) atoms. The van der Waals surface area contributed by atoms with Crippen molar-refractivity contribution in [3.63, 3.8) is 0 Å². The lowest BCUT2D eigenvalue weighted by Gasteiger charge is -2.37. The predicted molar refractivity (Wildman–Crippen MR) is 120 cm³/mol.